The Labute approximate surface area is 138 Å². The van der Waals surface area contributed by atoms with Gasteiger partial charge >= 0.3 is 0 Å². The molecular formula is C17H17N3O2S. The summed E-state index contributed by atoms with van der Waals surface area (Å²) in [5, 5.41) is 3.69. The number of nitrogens with one attached hydrogen (secondary N) is 1. The molecular weight excluding hydrogens is 310 g/mol. The highest BCUT2D eigenvalue weighted by Gasteiger charge is 2.12. The summed E-state index contributed by atoms with van der Waals surface area (Å²) in [5.74, 6) is 0.613. The van der Waals surface area contributed by atoms with Gasteiger partial charge in [-0.25, -0.2) is 4.98 Å². The number of hydrogen-bond acceptors (Lipinski definition) is 5. The normalized spacial score (nSPS) is 10.5. The lowest BCUT2D eigenvalue weighted by molar-refractivity contribution is -0.114. The fraction of sp³-hybridized carbons (Fsp3) is 0.176. The van der Waals surface area contributed by atoms with E-state index in [1.807, 2.05) is 54.4 Å². The zero-order chi connectivity index (χ0) is 16.2. The molecule has 1 amide bonds. The average Bonchev–Trinajstić information content (AvgIpc) is 2.99. The first kappa shape index (κ1) is 15.3. The lowest BCUT2D eigenvalue weighted by Crippen LogP contribution is -2.29. The Hall–Kier alpha value is -2.60. The van der Waals surface area contributed by atoms with Gasteiger partial charge in [0.25, 0.3) is 0 Å². The number of amides is 1. The Kier molecular flexibility index (Phi) is 4.43. The van der Waals surface area contributed by atoms with Crippen LogP contribution in [-0.4, -0.2) is 31.6 Å². The number of methoxy groups -OCH3 is 1. The van der Waals surface area contributed by atoms with Crippen LogP contribution in [0, 0.1) is 0 Å². The van der Waals surface area contributed by atoms with Crippen molar-refractivity contribution in [3.05, 3.63) is 48.5 Å². The first-order chi connectivity index (χ1) is 11.2. The molecule has 0 unspecified atom stereocenters. The van der Waals surface area contributed by atoms with Crippen molar-refractivity contribution in [3.63, 3.8) is 0 Å². The lowest BCUT2D eigenvalue weighted by atomic mass is 10.3. The fourth-order valence-electron chi connectivity index (χ4n) is 2.21. The second-order valence-electron chi connectivity index (χ2n) is 5.10. The van der Waals surface area contributed by atoms with E-state index < -0.39 is 0 Å². The highest BCUT2D eigenvalue weighted by molar-refractivity contribution is 7.22. The number of carbonyl (C=O) groups is 1. The zero-order valence-electron chi connectivity index (χ0n) is 12.9. The summed E-state index contributed by atoms with van der Waals surface area (Å²) in [6.45, 7) is 0.233. The standard InChI is InChI=1S/C17H17N3O2S/c1-20(17-19-14-8-3-4-9-15(14)23-17)11-16(21)18-12-6-5-7-13(10-12)22-2/h3-10H,11H2,1-2H3,(H,18,21). The van der Waals surface area contributed by atoms with Gasteiger partial charge in [-0.05, 0) is 24.3 Å². The molecule has 23 heavy (non-hydrogen) atoms. The number of carbonyl (C=O) groups excluding carboxylic acids is 1. The molecule has 0 aliphatic rings. The van der Waals surface area contributed by atoms with Gasteiger partial charge in [-0.3, -0.25) is 4.79 Å². The summed E-state index contributed by atoms with van der Waals surface area (Å²) >= 11 is 1.57. The number of hydrogen-bond donors (Lipinski definition) is 1. The largest absolute Gasteiger partial charge is 0.497 e. The number of para-hydroxylation sites is 1. The summed E-state index contributed by atoms with van der Waals surface area (Å²) < 4.78 is 6.26. The van der Waals surface area contributed by atoms with E-state index in [0.29, 0.717) is 11.4 Å². The van der Waals surface area contributed by atoms with E-state index in [2.05, 4.69) is 10.3 Å². The van der Waals surface area contributed by atoms with Crippen LogP contribution < -0.4 is 15.0 Å². The van der Waals surface area contributed by atoms with E-state index in [4.69, 9.17) is 4.74 Å². The zero-order valence-corrected chi connectivity index (χ0v) is 13.8. The Morgan fingerprint density at radius 1 is 1.26 bits per heavy atom. The lowest BCUT2D eigenvalue weighted by Gasteiger charge is -2.15. The molecule has 0 spiro atoms. The van der Waals surface area contributed by atoms with E-state index in [1.54, 1.807) is 24.5 Å². The Balaban J connectivity index is 1.66. The van der Waals surface area contributed by atoms with E-state index >= 15 is 0 Å². The molecule has 3 rings (SSSR count). The first-order valence-electron chi connectivity index (χ1n) is 7.16. The Morgan fingerprint density at radius 2 is 2.09 bits per heavy atom. The smallest absolute Gasteiger partial charge is 0.243 e. The highest BCUT2D eigenvalue weighted by Crippen LogP contribution is 2.27. The Bertz CT molecular complexity index is 798. The molecule has 6 heteroatoms. The third-order valence-corrected chi connectivity index (χ3v) is 4.49. The number of anilines is 2. The molecule has 118 valence electrons. The van der Waals surface area contributed by atoms with Gasteiger partial charge in [-0.1, -0.05) is 29.5 Å². The van der Waals surface area contributed by atoms with Gasteiger partial charge in [0, 0.05) is 18.8 Å². The van der Waals surface area contributed by atoms with Crippen molar-refractivity contribution < 1.29 is 9.53 Å². The van der Waals surface area contributed by atoms with Crippen LogP contribution >= 0.6 is 11.3 Å². The number of ether oxygens (including phenoxy) is 1. The molecule has 3 aromatic rings. The van der Waals surface area contributed by atoms with Crippen LogP contribution in [0.3, 0.4) is 0 Å². The molecule has 0 saturated carbocycles. The second kappa shape index (κ2) is 6.66. The van der Waals surface area contributed by atoms with Crippen molar-refractivity contribution in [1.82, 2.24) is 4.98 Å². The fourth-order valence-corrected chi connectivity index (χ4v) is 3.13. The summed E-state index contributed by atoms with van der Waals surface area (Å²) in [6, 6.07) is 15.2. The third-order valence-electron chi connectivity index (χ3n) is 3.34. The van der Waals surface area contributed by atoms with E-state index in [1.165, 1.54) is 0 Å². The van der Waals surface area contributed by atoms with E-state index in [9.17, 15) is 4.79 Å². The van der Waals surface area contributed by atoms with Crippen molar-refractivity contribution in [2.75, 3.05) is 30.9 Å². The maximum absolute atomic E-state index is 12.2. The van der Waals surface area contributed by atoms with Gasteiger partial charge in [0.1, 0.15) is 5.75 Å². The minimum Gasteiger partial charge on any atom is -0.497 e. The quantitative estimate of drug-likeness (QED) is 0.780. The summed E-state index contributed by atoms with van der Waals surface area (Å²) in [6.07, 6.45) is 0. The first-order valence-corrected chi connectivity index (χ1v) is 7.98. The topological polar surface area (TPSA) is 54.5 Å². The van der Waals surface area contributed by atoms with E-state index in [0.717, 1.165) is 15.3 Å². The second-order valence-corrected chi connectivity index (χ2v) is 6.11. The average molecular weight is 327 g/mol. The number of nitrogens with zero attached hydrogens (tertiary/aromatic N) is 2. The molecule has 1 aromatic heterocycles. The predicted octanol–water partition coefficient (Wildman–Crippen LogP) is 3.38. The number of rotatable bonds is 5. The minimum atomic E-state index is -0.0972. The monoisotopic (exact) mass is 327 g/mol. The summed E-state index contributed by atoms with van der Waals surface area (Å²) in [7, 11) is 3.46. The van der Waals surface area contributed by atoms with Crippen molar-refractivity contribution in [2.24, 2.45) is 0 Å². The molecule has 0 saturated heterocycles. The van der Waals surface area contributed by atoms with E-state index in [-0.39, 0.29) is 12.5 Å². The molecule has 0 atom stereocenters. The van der Waals surface area contributed by atoms with Crippen LogP contribution in [0.25, 0.3) is 10.2 Å². The molecule has 2 aromatic carbocycles. The van der Waals surface area contributed by atoms with Crippen LogP contribution in [0.15, 0.2) is 48.5 Å². The number of aromatic nitrogens is 1. The molecule has 1 heterocycles. The molecule has 0 fully saturated rings. The molecule has 0 bridgehead atoms. The summed E-state index contributed by atoms with van der Waals surface area (Å²) in [4.78, 5) is 18.6. The van der Waals surface area contributed by atoms with Gasteiger partial charge in [-0.15, -0.1) is 0 Å². The summed E-state index contributed by atoms with van der Waals surface area (Å²) in [5.41, 5.74) is 1.67. The van der Waals surface area contributed by atoms with Crippen LogP contribution in [0.2, 0.25) is 0 Å². The van der Waals surface area contributed by atoms with Crippen molar-refractivity contribution in [2.45, 2.75) is 0 Å². The van der Waals surface area contributed by atoms with Gasteiger partial charge in [-0.2, -0.15) is 0 Å². The van der Waals surface area contributed by atoms with Gasteiger partial charge in [0.05, 0.1) is 23.9 Å². The maximum Gasteiger partial charge on any atom is 0.243 e. The molecule has 0 aliphatic carbocycles. The minimum absolute atomic E-state index is 0.0972. The predicted molar refractivity (Wildman–Crippen MR) is 94.5 cm³/mol. The van der Waals surface area contributed by atoms with Gasteiger partial charge in [0.15, 0.2) is 5.13 Å². The molecule has 1 N–H and O–H groups in total. The van der Waals surface area contributed by atoms with Crippen LogP contribution in [0.1, 0.15) is 0 Å². The molecule has 0 radical (unpaired) electrons. The van der Waals surface area contributed by atoms with Crippen molar-refractivity contribution in [3.8, 4) is 5.75 Å². The SMILES string of the molecule is COc1cccc(NC(=O)CN(C)c2nc3ccccc3s2)c1. The molecule has 5 nitrogen and oxygen atoms in total. The third kappa shape index (κ3) is 3.60. The van der Waals surface area contributed by atoms with Crippen LogP contribution in [-0.2, 0) is 4.79 Å². The van der Waals surface area contributed by atoms with Crippen molar-refractivity contribution in [1.29, 1.82) is 0 Å². The van der Waals surface area contributed by atoms with Crippen LogP contribution in [0.4, 0.5) is 10.8 Å². The van der Waals surface area contributed by atoms with Crippen LogP contribution in [0.5, 0.6) is 5.75 Å². The Morgan fingerprint density at radius 3 is 2.87 bits per heavy atom. The molecule has 0 aliphatic heterocycles. The number of fused-ring (bicyclic) bond motifs is 1. The van der Waals surface area contributed by atoms with Gasteiger partial charge in [0.2, 0.25) is 5.91 Å². The highest BCUT2D eigenvalue weighted by atomic mass is 32.1. The number of thiazole rings is 1. The van der Waals surface area contributed by atoms with Crippen molar-refractivity contribution >= 4 is 38.3 Å². The maximum atomic E-state index is 12.2. The van der Waals surface area contributed by atoms with Gasteiger partial charge < -0.3 is 15.0 Å². The number of likely N-dealkylation sites (N-methyl/N-ethyl adjacent to an activating group) is 1. The number of benzene rings is 2.